The minimum Gasteiger partial charge on any atom is -0.504 e. The highest BCUT2D eigenvalue weighted by atomic mass is 16.5. The monoisotopic (exact) mass is 322 g/mol. The number of nitriles is 1. The number of methoxy groups -OCH3 is 1. The molecule has 0 fully saturated rings. The van der Waals surface area contributed by atoms with E-state index in [1.807, 2.05) is 38.1 Å². The van der Waals surface area contributed by atoms with Crippen molar-refractivity contribution in [2.75, 3.05) is 12.4 Å². The Kier molecular flexibility index (Phi) is 5.23. The predicted octanol–water partition coefficient (Wildman–Crippen LogP) is 3.56. The van der Waals surface area contributed by atoms with Crippen molar-refractivity contribution in [2.24, 2.45) is 0 Å². The van der Waals surface area contributed by atoms with Crippen molar-refractivity contribution in [1.29, 1.82) is 5.26 Å². The van der Waals surface area contributed by atoms with Gasteiger partial charge in [0.2, 0.25) is 0 Å². The Morgan fingerprint density at radius 2 is 1.88 bits per heavy atom. The molecule has 2 N–H and O–H groups in total. The van der Waals surface area contributed by atoms with Crippen molar-refractivity contribution in [1.82, 2.24) is 0 Å². The lowest BCUT2D eigenvalue weighted by Crippen LogP contribution is -2.13. The summed E-state index contributed by atoms with van der Waals surface area (Å²) in [5.41, 5.74) is 3.23. The van der Waals surface area contributed by atoms with Gasteiger partial charge < -0.3 is 15.2 Å². The molecule has 0 aliphatic rings. The van der Waals surface area contributed by atoms with Crippen LogP contribution in [0.2, 0.25) is 0 Å². The van der Waals surface area contributed by atoms with Crippen LogP contribution in [-0.2, 0) is 4.79 Å². The molecule has 5 heteroatoms. The number of hydrogen-bond donors (Lipinski definition) is 2. The van der Waals surface area contributed by atoms with E-state index >= 15 is 0 Å². The number of anilines is 1. The van der Waals surface area contributed by atoms with Gasteiger partial charge in [-0.3, -0.25) is 4.79 Å². The fourth-order valence-corrected chi connectivity index (χ4v) is 2.34. The van der Waals surface area contributed by atoms with E-state index in [0.29, 0.717) is 11.3 Å². The third kappa shape index (κ3) is 4.14. The molecule has 1 amide bonds. The maximum absolute atomic E-state index is 12.3. The zero-order valence-corrected chi connectivity index (χ0v) is 13.8. The molecular formula is C19H18N2O3. The van der Waals surface area contributed by atoms with Gasteiger partial charge in [0.25, 0.3) is 5.91 Å². The number of benzene rings is 2. The molecule has 0 spiro atoms. The number of amides is 1. The van der Waals surface area contributed by atoms with Crippen LogP contribution in [0.5, 0.6) is 11.5 Å². The predicted molar refractivity (Wildman–Crippen MR) is 92.8 cm³/mol. The van der Waals surface area contributed by atoms with Gasteiger partial charge in [-0.25, -0.2) is 0 Å². The summed E-state index contributed by atoms with van der Waals surface area (Å²) in [6.45, 7) is 3.87. The number of ether oxygens (including phenoxy) is 1. The minimum absolute atomic E-state index is 0.00662. The van der Waals surface area contributed by atoms with Gasteiger partial charge in [0, 0.05) is 5.69 Å². The number of hydrogen-bond acceptors (Lipinski definition) is 4. The minimum atomic E-state index is -0.491. The lowest BCUT2D eigenvalue weighted by molar-refractivity contribution is -0.112. The van der Waals surface area contributed by atoms with Crippen molar-refractivity contribution in [3.8, 4) is 17.6 Å². The number of nitrogens with zero attached hydrogens (tertiary/aromatic N) is 1. The Labute approximate surface area is 140 Å². The molecule has 2 aromatic rings. The number of aryl methyl sites for hydroxylation is 2. The topological polar surface area (TPSA) is 82.3 Å². The van der Waals surface area contributed by atoms with E-state index in [4.69, 9.17) is 4.74 Å². The average Bonchev–Trinajstić information content (AvgIpc) is 2.52. The molecule has 0 unspecified atom stereocenters. The highest BCUT2D eigenvalue weighted by Gasteiger charge is 2.11. The molecule has 0 saturated carbocycles. The molecule has 24 heavy (non-hydrogen) atoms. The zero-order chi connectivity index (χ0) is 17.7. The standard InChI is InChI=1S/C19H18N2O3/c1-12-6-13(2)8-16(7-12)21-19(23)15(11-20)9-14-4-5-17(22)18(10-14)24-3/h4-10,22H,1-3H3,(H,21,23)/b15-9+. The Balaban J connectivity index is 2.27. The molecule has 0 bridgehead atoms. The first kappa shape index (κ1) is 17.1. The summed E-state index contributed by atoms with van der Waals surface area (Å²) >= 11 is 0. The van der Waals surface area contributed by atoms with Gasteiger partial charge in [0.15, 0.2) is 11.5 Å². The fourth-order valence-electron chi connectivity index (χ4n) is 2.34. The second kappa shape index (κ2) is 7.34. The highest BCUT2D eigenvalue weighted by Crippen LogP contribution is 2.27. The number of phenolic OH excluding ortho intramolecular Hbond substituents is 1. The van der Waals surface area contributed by atoms with Crippen LogP contribution in [0, 0.1) is 25.2 Å². The number of nitrogens with one attached hydrogen (secondary N) is 1. The van der Waals surface area contributed by atoms with Gasteiger partial charge in [-0.05, 0) is 60.9 Å². The lowest BCUT2D eigenvalue weighted by atomic mass is 10.1. The average molecular weight is 322 g/mol. The van der Waals surface area contributed by atoms with E-state index in [2.05, 4.69) is 5.32 Å². The van der Waals surface area contributed by atoms with Crippen molar-refractivity contribution < 1.29 is 14.6 Å². The molecule has 0 aliphatic heterocycles. The number of carbonyl (C=O) groups excluding carboxylic acids is 1. The molecule has 0 saturated heterocycles. The second-order valence-corrected chi connectivity index (χ2v) is 5.43. The van der Waals surface area contributed by atoms with Crippen LogP contribution in [0.1, 0.15) is 16.7 Å². The Morgan fingerprint density at radius 1 is 1.21 bits per heavy atom. The Morgan fingerprint density at radius 3 is 2.46 bits per heavy atom. The van der Waals surface area contributed by atoms with Gasteiger partial charge >= 0.3 is 0 Å². The van der Waals surface area contributed by atoms with Crippen LogP contribution in [0.3, 0.4) is 0 Å². The molecule has 0 radical (unpaired) electrons. The summed E-state index contributed by atoms with van der Waals surface area (Å²) in [6.07, 6.45) is 1.44. The first-order chi connectivity index (χ1) is 11.4. The normalized spacial score (nSPS) is 10.8. The zero-order valence-electron chi connectivity index (χ0n) is 13.8. The van der Waals surface area contributed by atoms with E-state index in [-0.39, 0.29) is 17.1 Å². The third-order valence-corrected chi connectivity index (χ3v) is 3.36. The summed E-state index contributed by atoms with van der Waals surface area (Å²) < 4.78 is 5.02. The maximum Gasteiger partial charge on any atom is 0.266 e. The number of rotatable bonds is 4. The summed E-state index contributed by atoms with van der Waals surface area (Å²) in [6, 6.07) is 12.2. The van der Waals surface area contributed by atoms with E-state index < -0.39 is 5.91 Å². The summed E-state index contributed by atoms with van der Waals surface area (Å²) in [7, 11) is 1.43. The van der Waals surface area contributed by atoms with Crippen molar-refractivity contribution in [2.45, 2.75) is 13.8 Å². The molecular weight excluding hydrogens is 304 g/mol. The third-order valence-electron chi connectivity index (χ3n) is 3.36. The lowest BCUT2D eigenvalue weighted by Gasteiger charge is -2.07. The fraction of sp³-hybridized carbons (Fsp3) is 0.158. The van der Waals surface area contributed by atoms with Crippen LogP contribution in [0.4, 0.5) is 5.69 Å². The summed E-state index contributed by atoms with van der Waals surface area (Å²) in [5, 5.41) is 21.6. The van der Waals surface area contributed by atoms with Gasteiger partial charge in [-0.2, -0.15) is 5.26 Å². The Bertz CT molecular complexity index is 828. The van der Waals surface area contributed by atoms with Gasteiger partial charge in [-0.15, -0.1) is 0 Å². The van der Waals surface area contributed by atoms with Crippen LogP contribution in [0.15, 0.2) is 42.0 Å². The molecule has 0 aliphatic carbocycles. The molecule has 5 nitrogen and oxygen atoms in total. The van der Waals surface area contributed by atoms with Crippen molar-refractivity contribution >= 4 is 17.7 Å². The van der Waals surface area contributed by atoms with E-state index in [1.165, 1.54) is 19.3 Å². The SMILES string of the molecule is COc1cc(/C=C(\C#N)C(=O)Nc2cc(C)cc(C)c2)ccc1O. The van der Waals surface area contributed by atoms with Crippen LogP contribution >= 0.6 is 0 Å². The van der Waals surface area contributed by atoms with Crippen molar-refractivity contribution in [3.05, 3.63) is 58.7 Å². The number of phenols is 1. The second-order valence-electron chi connectivity index (χ2n) is 5.43. The van der Waals surface area contributed by atoms with Crippen LogP contribution in [-0.4, -0.2) is 18.1 Å². The number of carbonyl (C=O) groups is 1. The highest BCUT2D eigenvalue weighted by molar-refractivity contribution is 6.09. The van der Waals surface area contributed by atoms with Gasteiger partial charge in [0.1, 0.15) is 11.6 Å². The molecule has 2 rings (SSSR count). The molecule has 0 heterocycles. The summed E-state index contributed by atoms with van der Waals surface area (Å²) in [4.78, 5) is 12.3. The molecule has 0 aromatic heterocycles. The molecule has 2 aromatic carbocycles. The largest absolute Gasteiger partial charge is 0.504 e. The molecule has 122 valence electrons. The summed E-state index contributed by atoms with van der Waals surface area (Å²) in [5.74, 6) is -0.224. The van der Waals surface area contributed by atoms with Gasteiger partial charge in [-0.1, -0.05) is 12.1 Å². The van der Waals surface area contributed by atoms with E-state index in [1.54, 1.807) is 12.1 Å². The van der Waals surface area contributed by atoms with Crippen LogP contribution < -0.4 is 10.1 Å². The number of aromatic hydroxyl groups is 1. The van der Waals surface area contributed by atoms with E-state index in [9.17, 15) is 15.2 Å². The maximum atomic E-state index is 12.3. The smallest absolute Gasteiger partial charge is 0.266 e. The first-order valence-corrected chi connectivity index (χ1v) is 7.31. The first-order valence-electron chi connectivity index (χ1n) is 7.31. The van der Waals surface area contributed by atoms with Crippen molar-refractivity contribution in [3.63, 3.8) is 0 Å². The quantitative estimate of drug-likeness (QED) is 0.666. The molecule has 0 atom stereocenters. The van der Waals surface area contributed by atoms with E-state index in [0.717, 1.165) is 11.1 Å². The van der Waals surface area contributed by atoms with Crippen LogP contribution in [0.25, 0.3) is 6.08 Å². The Hall–Kier alpha value is -3.26. The van der Waals surface area contributed by atoms with Gasteiger partial charge in [0.05, 0.1) is 7.11 Å².